The lowest BCUT2D eigenvalue weighted by molar-refractivity contribution is 0.000175. The molecule has 1 aliphatic heterocycles. The Morgan fingerprint density at radius 2 is 1.84 bits per heavy atom. The van der Waals surface area contributed by atoms with Gasteiger partial charge < -0.3 is 15.4 Å². The minimum Gasteiger partial charge on any atom is -0.444 e. The second kappa shape index (κ2) is 5.31. The van der Waals surface area contributed by atoms with Crippen molar-refractivity contribution in [1.82, 2.24) is 4.90 Å². The number of nitrogens with zero attached hydrogens (tertiary/aromatic N) is 1. The molecule has 2 aliphatic rings. The minimum atomic E-state index is -0.409. The van der Waals surface area contributed by atoms with Gasteiger partial charge in [-0.3, -0.25) is 0 Å². The van der Waals surface area contributed by atoms with Crippen molar-refractivity contribution in [3.05, 3.63) is 0 Å². The van der Waals surface area contributed by atoms with Gasteiger partial charge in [-0.05, 0) is 51.9 Å². The predicted molar refractivity (Wildman–Crippen MR) is 75.9 cm³/mol. The summed E-state index contributed by atoms with van der Waals surface area (Å²) in [5.74, 6) is 0. The number of piperidine rings is 1. The molecule has 2 N–H and O–H groups in total. The summed E-state index contributed by atoms with van der Waals surface area (Å²) in [6, 6.07) is 0.321. The molecule has 0 aromatic carbocycles. The summed E-state index contributed by atoms with van der Waals surface area (Å²) in [5, 5.41) is 0. The van der Waals surface area contributed by atoms with E-state index in [2.05, 4.69) is 0 Å². The van der Waals surface area contributed by atoms with Crippen LogP contribution in [0.4, 0.5) is 4.79 Å². The molecule has 1 saturated carbocycles. The first kappa shape index (κ1) is 14.6. The summed E-state index contributed by atoms with van der Waals surface area (Å²) in [4.78, 5) is 13.9. The van der Waals surface area contributed by atoms with Crippen LogP contribution in [0.15, 0.2) is 0 Å². The van der Waals surface area contributed by atoms with Crippen LogP contribution in [-0.2, 0) is 4.74 Å². The van der Waals surface area contributed by atoms with Crippen LogP contribution in [0.25, 0.3) is 0 Å². The molecule has 2 fully saturated rings. The zero-order valence-corrected chi connectivity index (χ0v) is 12.6. The van der Waals surface area contributed by atoms with E-state index in [9.17, 15) is 4.79 Å². The van der Waals surface area contributed by atoms with E-state index in [1.54, 1.807) is 0 Å². The predicted octanol–water partition coefficient (Wildman–Crippen LogP) is 2.91. The summed E-state index contributed by atoms with van der Waals surface area (Å²) in [5.41, 5.74) is 6.21. The quantitative estimate of drug-likeness (QED) is 0.735. The number of amides is 1. The first-order chi connectivity index (χ1) is 8.82. The molecule has 0 aromatic heterocycles. The van der Waals surface area contributed by atoms with Crippen molar-refractivity contribution in [3.63, 3.8) is 0 Å². The molecule has 4 heteroatoms. The number of ether oxygens (including phenoxy) is 1. The van der Waals surface area contributed by atoms with Gasteiger partial charge in [0.05, 0.1) is 0 Å². The van der Waals surface area contributed by atoms with E-state index in [1.165, 1.54) is 19.3 Å². The largest absolute Gasteiger partial charge is 0.444 e. The highest BCUT2D eigenvalue weighted by atomic mass is 16.6. The summed E-state index contributed by atoms with van der Waals surface area (Å²) in [7, 11) is 0. The molecule has 4 nitrogen and oxygen atoms in total. The summed E-state index contributed by atoms with van der Waals surface area (Å²) >= 11 is 0. The average Bonchev–Trinajstić information content (AvgIpc) is 2.32. The van der Waals surface area contributed by atoms with Gasteiger partial charge in [0.2, 0.25) is 0 Å². The fourth-order valence-electron chi connectivity index (χ4n) is 3.41. The molecule has 1 aliphatic carbocycles. The van der Waals surface area contributed by atoms with E-state index in [4.69, 9.17) is 10.5 Å². The van der Waals surface area contributed by atoms with Crippen LogP contribution in [0.5, 0.6) is 0 Å². The Morgan fingerprint density at radius 3 is 2.37 bits per heavy atom. The number of rotatable bonds is 0. The van der Waals surface area contributed by atoms with E-state index in [-0.39, 0.29) is 11.5 Å². The van der Waals surface area contributed by atoms with E-state index >= 15 is 0 Å². The minimum absolute atomic E-state index is 0.174. The Hall–Kier alpha value is -0.770. The van der Waals surface area contributed by atoms with Crippen LogP contribution >= 0.6 is 0 Å². The molecular formula is C15H28N2O2. The highest BCUT2D eigenvalue weighted by molar-refractivity contribution is 5.68. The number of hydrogen-bond donors (Lipinski definition) is 1. The van der Waals surface area contributed by atoms with Gasteiger partial charge >= 0.3 is 6.09 Å². The van der Waals surface area contributed by atoms with Crippen LogP contribution in [0.2, 0.25) is 0 Å². The molecular weight excluding hydrogens is 240 g/mol. The molecule has 1 saturated heterocycles. The maximum Gasteiger partial charge on any atom is 0.410 e. The number of likely N-dealkylation sites (tertiary alicyclic amines) is 1. The van der Waals surface area contributed by atoms with Gasteiger partial charge in [0, 0.05) is 19.1 Å². The Balaban J connectivity index is 1.90. The maximum atomic E-state index is 12.0. The fraction of sp³-hybridized carbons (Fsp3) is 0.933. The number of carbonyl (C=O) groups is 1. The lowest BCUT2D eigenvalue weighted by Crippen LogP contribution is -2.52. The van der Waals surface area contributed by atoms with Gasteiger partial charge in [-0.25, -0.2) is 4.79 Å². The third-order valence-electron chi connectivity index (χ3n) is 4.64. The Labute approximate surface area is 116 Å². The molecule has 0 aromatic rings. The third kappa shape index (κ3) is 3.41. The highest BCUT2D eigenvalue weighted by Gasteiger charge is 2.42. The van der Waals surface area contributed by atoms with Crippen molar-refractivity contribution in [2.75, 3.05) is 13.1 Å². The van der Waals surface area contributed by atoms with E-state index < -0.39 is 5.60 Å². The SMILES string of the molecule is CC(C)(C)OC(=O)N1CCC2(CCCCC2N)CC1. The molecule has 1 heterocycles. The van der Waals surface area contributed by atoms with Gasteiger partial charge in [0.25, 0.3) is 0 Å². The van der Waals surface area contributed by atoms with Gasteiger partial charge in [-0.15, -0.1) is 0 Å². The van der Waals surface area contributed by atoms with Crippen molar-refractivity contribution in [2.45, 2.75) is 70.9 Å². The average molecular weight is 268 g/mol. The Bertz CT molecular complexity index is 328. The normalized spacial score (nSPS) is 27.4. The molecule has 0 radical (unpaired) electrons. The van der Waals surface area contributed by atoms with Gasteiger partial charge in [0.15, 0.2) is 0 Å². The molecule has 1 spiro atoms. The van der Waals surface area contributed by atoms with Gasteiger partial charge in [0.1, 0.15) is 5.60 Å². The van der Waals surface area contributed by atoms with Gasteiger partial charge in [-0.2, -0.15) is 0 Å². The molecule has 2 rings (SSSR count). The zero-order chi connectivity index (χ0) is 14.1. The van der Waals surface area contributed by atoms with Crippen molar-refractivity contribution in [3.8, 4) is 0 Å². The van der Waals surface area contributed by atoms with E-state index in [1.807, 2.05) is 25.7 Å². The standard InChI is InChI=1S/C15H28N2O2/c1-14(2,3)19-13(18)17-10-8-15(9-11-17)7-5-4-6-12(15)16/h12H,4-11,16H2,1-3H3. The summed E-state index contributed by atoms with van der Waals surface area (Å²) < 4.78 is 5.44. The molecule has 1 unspecified atom stereocenters. The van der Waals surface area contributed by atoms with Crippen LogP contribution in [0.3, 0.4) is 0 Å². The van der Waals surface area contributed by atoms with Crippen LogP contribution in [0.1, 0.15) is 59.3 Å². The highest BCUT2D eigenvalue weighted by Crippen LogP contribution is 2.43. The first-order valence-electron chi connectivity index (χ1n) is 7.56. The van der Waals surface area contributed by atoms with E-state index in [0.29, 0.717) is 6.04 Å². The Kier molecular flexibility index (Phi) is 4.09. The number of hydrogen-bond acceptors (Lipinski definition) is 3. The number of nitrogens with two attached hydrogens (primary N) is 1. The topological polar surface area (TPSA) is 55.6 Å². The van der Waals surface area contributed by atoms with Gasteiger partial charge in [-0.1, -0.05) is 12.8 Å². The summed E-state index contributed by atoms with van der Waals surface area (Å²) in [6.45, 7) is 7.32. The van der Waals surface area contributed by atoms with E-state index in [0.717, 1.165) is 32.4 Å². The first-order valence-corrected chi connectivity index (χ1v) is 7.56. The lowest BCUT2D eigenvalue weighted by Gasteiger charge is -2.47. The van der Waals surface area contributed by atoms with Crippen molar-refractivity contribution in [1.29, 1.82) is 0 Å². The van der Waals surface area contributed by atoms with Crippen LogP contribution in [-0.4, -0.2) is 35.7 Å². The fourth-order valence-corrected chi connectivity index (χ4v) is 3.41. The molecule has 19 heavy (non-hydrogen) atoms. The van der Waals surface area contributed by atoms with Crippen LogP contribution in [0, 0.1) is 5.41 Å². The zero-order valence-electron chi connectivity index (χ0n) is 12.6. The van der Waals surface area contributed by atoms with Crippen molar-refractivity contribution in [2.24, 2.45) is 11.1 Å². The van der Waals surface area contributed by atoms with Crippen molar-refractivity contribution < 1.29 is 9.53 Å². The monoisotopic (exact) mass is 268 g/mol. The Morgan fingerprint density at radius 1 is 1.21 bits per heavy atom. The lowest BCUT2D eigenvalue weighted by atomic mass is 9.65. The smallest absolute Gasteiger partial charge is 0.410 e. The molecule has 110 valence electrons. The third-order valence-corrected chi connectivity index (χ3v) is 4.64. The van der Waals surface area contributed by atoms with Crippen molar-refractivity contribution >= 4 is 6.09 Å². The second-order valence-electron chi connectivity index (χ2n) is 7.18. The molecule has 1 amide bonds. The molecule has 0 bridgehead atoms. The maximum absolute atomic E-state index is 12.0. The molecule has 1 atom stereocenters. The van der Waals surface area contributed by atoms with Crippen LogP contribution < -0.4 is 5.73 Å². The number of carbonyl (C=O) groups excluding carboxylic acids is 1. The summed E-state index contributed by atoms with van der Waals surface area (Å²) in [6.07, 6.45) is 6.83. The second-order valence-corrected chi connectivity index (χ2v) is 7.18.